The minimum Gasteiger partial charge on any atom is -0.496 e. The van der Waals surface area contributed by atoms with E-state index >= 15 is 0 Å². The Morgan fingerprint density at radius 2 is 2.21 bits per heavy atom. The Balaban J connectivity index is 2.00. The number of halogens is 1. The number of amides is 1. The topological polar surface area (TPSA) is 71.9 Å². The fraction of sp³-hybridized carbons (Fsp3) is 0.176. The van der Waals surface area contributed by atoms with Gasteiger partial charge in [-0.3, -0.25) is 4.79 Å². The number of aromatic nitrogens is 3. The summed E-state index contributed by atoms with van der Waals surface area (Å²) < 4.78 is 7.30. The molecule has 0 saturated carbocycles. The van der Waals surface area contributed by atoms with Crippen molar-refractivity contribution in [1.82, 2.24) is 19.9 Å². The van der Waals surface area contributed by atoms with Crippen LogP contribution in [0.5, 0.6) is 5.75 Å². The number of carbonyl (C=O) groups excluding carboxylic acids is 1. The predicted octanol–water partition coefficient (Wildman–Crippen LogP) is 2.93. The van der Waals surface area contributed by atoms with Crippen molar-refractivity contribution in [2.75, 3.05) is 7.11 Å². The van der Waals surface area contributed by atoms with Crippen LogP contribution in [-0.4, -0.2) is 27.6 Å². The molecule has 0 radical (unpaired) electrons. The SMILES string of the molecule is COc1ccccc1C(NC(=O)c1cc(Cl)c[nH]1)c1nccn1C. The van der Waals surface area contributed by atoms with Crippen molar-refractivity contribution in [1.29, 1.82) is 0 Å². The quantitative estimate of drug-likeness (QED) is 0.747. The highest BCUT2D eigenvalue weighted by Gasteiger charge is 2.24. The van der Waals surface area contributed by atoms with Crippen molar-refractivity contribution in [3.05, 3.63) is 71.0 Å². The molecule has 0 aliphatic rings. The molecule has 0 bridgehead atoms. The van der Waals surface area contributed by atoms with Gasteiger partial charge in [0.15, 0.2) is 0 Å². The van der Waals surface area contributed by atoms with Crippen LogP contribution >= 0.6 is 11.6 Å². The summed E-state index contributed by atoms with van der Waals surface area (Å²) in [7, 11) is 3.48. The van der Waals surface area contributed by atoms with Gasteiger partial charge in [0.2, 0.25) is 0 Å². The van der Waals surface area contributed by atoms with E-state index in [0.29, 0.717) is 22.3 Å². The van der Waals surface area contributed by atoms with Gasteiger partial charge in [-0.25, -0.2) is 4.98 Å². The highest BCUT2D eigenvalue weighted by Crippen LogP contribution is 2.29. The third-order valence-electron chi connectivity index (χ3n) is 3.73. The van der Waals surface area contributed by atoms with Crippen molar-refractivity contribution in [2.45, 2.75) is 6.04 Å². The number of para-hydroxylation sites is 1. The van der Waals surface area contributed by atoms with Gasteiger partial charge in [0.05, 0.1) is 12.1 Å². The van der Waals surface area contributed by atoms with Crippen LogP contribution in [0.25, 0.3) is 0 Å². The lowest BCUT2D eigenvalue weighted by molar-refractivity contribution is 0.0936. The molecular weight excluding hydrogens is 328 g/mol. The molecule has 2 heterocycles. The number of methoxy groups -OCH3 is 1. The molecule has 3 rings (SSSR count). The van der Waals surface area contributed by atoms with Gasteiger partial charge in [-0.05, 0) is 12.1 Å². The molecule has 0 spiro atoms. The summed E-state index contributed by atoms with van der Waals surface area (Å²) in [5.41, 5.74) is 1.20. The lowest BCUT2D eigenvalue weighted by Gasteiger charge is -2.21. The average Bonchev–Trinajstić information content (AvgIpc) is 3.21. The van der Waals surface area contributed by atoms with E-state index in [0.717, 1.165) is 5.56 Å². The minimum atomic E-state index is -0.462. The molecule has 0 aliphatic heterocycles. The fourth-order valence-corrected chi connectivity index (χ4v) is 2.71. The van der Waals surface area contributed by atoms with Gasteiger partial charge >= 0.3 is 0 Å². The molecule has 2 N–H and O–H groups in total. The lowest BCUT2D eigenvalue weighted by Crippen LogP contribution is -2.31. The Morgan fingerprint density at radius 3 is 2.83 bits per heavy atom. The Morgan fingerprint density at radius 1 is 1.42 bits per heavy atom. The Bertz CT molecular complexity index is 856. The van der Waals surface area contributed by atoms with E-state index in [1.54, 1.807) is 25.6 Å². The molecule has 1 amide bonds. The number of benzene rings is 1. The van der Waals surface area contributed by atoms with Crippen molar-refractivity contribution >= 4 is 17.5 Å². The number of ether oxygens (including phenoxy) is 1. The maximum atomic E-state index is 12.6. The zero-order valence-corrected chi connectivity index (χ0v) is 14.0. The fourth-order valence-electron chi connectivity index (χ4n) is 2.55. The molecule has 6 nitrogen and oxygen atoms in total. The number of rotatable bonds is 5. The van der Waals surface area contributed by atoms with Gasteiger partial charge in [0.25, 0.3) is 5.91 Å². The first-order valence-corrected chi connectivity index (χ1v) is 7.73. The Labute approximate surface area is 144 Å². The molecule has 1 aromatic carbocycles. The van der Waals surface area contributed by atoms with E-state index in [4.69, 9.17) is 16.3 Å². The number of aromatic amines is 1. The third kappa shape index (κ3) is 3.14. The van der Waals surface area contributed by atoms with Gasteiger partial charge in [0.1, 0.15) is 23.3 Å². The maximum Gasteiger partial charge on any atom is 0.268 e. The van der Waals surface area contributed by atoms with Crippen LogP contribution in [0.3, 0.4) is 0 Å². The van der Waals surface area contributed by atoms with E-state index in [-0.39, 0.29) is 5.91 Å². The van der Waals surface area contributed by atoms with Crippen molar-refractivity contribution in [3.63, 3.8) is 0 Å². The molecule has 0 fully saturated rings. The molecule has 124 valence electrons. The summed E-state index contributed by atoms with van der Waals surface area (Å²) >= 11 is 5.88. The van der Waals surface area contributed by atoms with E-state index in [1.807, 2.05) is 42.1 Å². The van der Waals surface area contributed by atoms with Crippen LogP contribution < -0.4 is 10.1 Å². The summed E-state index contributed by atoms with van der Waals surface area (Å²) in [6, 6.07) is 8.64. The van der Waals surface area contributed by atoms with Gasteiger partial charge in [-0.1, -0.05) is 29.8 Å². The predicted molar refractivity (Wildman–Crippen MR) is 91.3 cm³/mol. The molecule has 2 aromatic heterocycles. The zero-order chi connectivity index (χ0) is 17.1. The van der Waals surface area contributed by atoms with Gasteiger partial charge in [-0.15, -0.1) is 0 Å². The smallest absolute Gasteiger partial charge is 0.268 e. The number of hydrogen-bond acceptors (Lipinski definition) is 3. The summed E-state index contributed by atoms with van der Waals surface area (Å²) in [5, 5.41) is 3.47. The molecule has 0 saturated heterocycles. The average molecular weight is 345 g/mol. The largest absolute Gasteiger partial charge is 0.496 e. The zero-order valence-electron chi connectivity index (χ0n) is 13.3. The highest BCUT2D eigenvalue weighted by atomic mass is 35.5. The monoisotopic (exact) mass is 344 g/mol. The lowest BCUT2D eigenvalue weighted by atomic mass is 10.0. The summed E-state index contributed by atoms with van der Waals surface area (Å²) in [6.45, 7) is 0. The Kier molecular flexibility index (Phi) is 4.57. The molecule has 1 atom stereocenters. The third-order valence-corrected chi connectivity index (χ3v) is 3.95. The number of nitrogens with zero attached hydrogens (tertiary/aromatic N) is 2. The number of aryl methyl sites for hydroxylation is 1. The van der Waals surface area contributed by atoms with Crippen LogP contribution in [0.4, 0.5) is 0 Å². The molecular formula is C17H17ClN4O2. The molecule has 1 unspecified atom stereocenters. The van der Waals surface area contributed by atoms with Gasteiger partial charge in [-0.2, -0.15) is 0 Å². The van der Waals surface area contributed by atoms with Crippen molar-refractivity contribution < 1.29 is 9.53 Å². The summed E-state index contributed by atoms with van der Waals surface area (Å²) in [6.07, 6.45) is 5.08. The standard InChI is InChI=1S/C17H17ClN4O2/c1-22-8-7-19-16(22)15(12-5-3-4-6-14(12)24-2)21-17(23)13-9-11(18)10-20-13/h3-10,15,20H,1-2H3,(H,21,23). The van der Waals surface area contributed by atoms with E-state index in [2.05, 4.69) is 15.3 Å². The van der Waals surface area contributed by atoms with E-state index < -0.39 is 6.04 Å². The van der Waals surface area contributed by atoms with Gasteiger partial charge in [0, 0.05) is 31.2 Å². The van der Waals surface area contributed by atoms with Crippen LogP contribution in [-0.2, 0) is 7.05 Å². The number of nitrogens with one attached hydrogen (secondary N) is 2. The van der Waals surface area contributed by atoms with E-state index in [1.165, 1.54) is 0 Å². The van der Waals surface area contributed by atoms with Crippen LogP contribution in [0, 0.1) is 0 Å². The molecule has 0 aliphatic carbocycles. The minimum absolute atomic E-state index is 0.277. The molecule has 24 heavy (non-hydrogen) atoms. The molecule has 3 aromatic rings. The van der Waals surface area contributed by atoms with E-state index in [9.17, 15) is 4.79 Å². The first-order valence-electron chi connectivity index (χ1n) is 7.35. The first-order chi connectivity index (χ1) is 11.6. The number of hydrogen-bond donors (Lipinski definition) is 2. The van der Waals surface area contributed by atoms with Gasteiger partial charge < -0.3 is 19.6 Å². The van der Waals surface area contributed by atoms with Crippen LogP contribution in [0.2, 0.25) is 5.02 Å². The molecule has 7 heteroatoms. The maximum absolute atomic E-state index is 12.6. The summed E-state index contributed by atoms with van der Waals surface area (Å²) in [4.78, 5) is 19.8. The number of imidazole rings is 1. The van der Waals surface area contributed by atoms with Crippen LogP contribution in [0.15, 0.2) is 48.9 Å². The second-order valence-corrected chi connectivity index (χ2v) is 5.71. The number of carbonyl (C=O) groups is 1. The van der Waals surface area contributed by atoms with Crippen LogP contribution in [0.1, 0.15) is 27.9 Å². The normalized spacial score (nSPS) is 12.0. The second-order valence-electron chi connectivity index (χ2n) is 5.28. The summed E-state index contributed by atoms with van der Waals surface area (Å²) in [5.74, 6) is 1.10. The number of H-pyrrole nitrogens is 1. The van der Waals surface area contributed by atoms with Crippen molar-refractivity contribution in [3.8, 4) is 5.75 Å². The second kappa shape index (κ2) is 6.80. The Hall–Kier alpha value is -2.73. The first kappa shape index (κ1) is 16.1. The van der Waals surface area contributed by atoms with Crippen molar-refractivity contribution in [2.24, 2.45) is 7.05 Å². The highest BCUT2D eigenvalue weighted by molar-refractivity contribution is 6.30.